The Hall–Kier alpha value is -1.65. The first-order chi connectivity index (χ1) is 6.34. The lowest BCUT2D eigenvalue weighted by molar-refractivity contribution is -0.845. The Labute approximate surface area is 76.2 Å². The maximum atomic E-state index is 12.3. The van der Waals surface area contributed by atoms with Crippen molar-refractivity contribution < 1.29 is 26.5 Å². The first kappa shape index (κ1) is 12.4. The summed E-state index contributed by atoms with van der Waals surface area (Å²) in [7, 11) is -6.00. The van der Waals surface area contributed by atoms with E-state index in [1.165, 1.54) is 18.3 Å². The number of aromatic nitrogens is 1. The minimum absolute atomic E-state index is 0.0116. The summed E-state index contributed by atoms with van der Waals surface area (Å²) in [5.41, 5.74) is 0.0116. The zero-order valence-corrected chi connectivity index (χ0v) is 6.67. The Morgan fingerprint density at radius 3 is 2.00 bits per heavy atom. The smallest absolute Gasteiger partial charge is 0.418 e. The second-order valence-electron chi connectivity index (χ2n) is 2.00. The molecule has 0 aliphatic heterocycles. The molecule has 0 amide bonds. The lowest BCUT2D eigenvalue weighted by Crippen LogP contribution is -2.25. The number of rotatable bonds is 0. The highest BCUT2D eigenvalue weighted by molar-refractivity contribution is 6.50. The summed E-state index contributed by atoms with van der Waals surface area (Å²) in [5.74, 6) is 0. The Balaban J connectivity index is 0.000000292. The van der Waals surface area contributed by atoms with E-state index in [-0.39, 0.29) is 10.5 Å². The predicted molar refractivity (Wildman–Crippen MR) is 38.0 cm³/mol. The van der Waals surface area contributed by atoms with Gasteiger partial charge < -0.3 is 17.3 Å². The van der Waals surface area contributed by atoms with E-state index in [2.05, 4.69) is 0 Å². The van der Waals surface area contributed by atoms with Crippen molar-refractivity contribution >= 4 is 7.25 Å². The highest BCUT2D eigenvalue weighted by atomic mass is 19.5. The second kappa shape index (κ2) is 5.16. The number of nitriles is 1. The average Bonchev–Trinajstić information content (AvgIpc) is 2.02. The molecule has 0 aromatic carbocycles. The molecule has 1 heterocycles. The Kier molecular flexibility index (Phi) is 4.56. The highest BCUT2D eigenvalue weighted by Crippen LogP contribution is 2.06. The van der Waals surface area contributed by atoms with Crippen LogP contribution in [0.3, 0.4) is 0 Å². The molecular formula is C6H4BF5N2. The van der Waals surface area contributed by atoms with Gasteiger partial charge >= 0.3 is 12.9 Å². The van der Waals surface area contributed by atoms with Crippen LogP contribution < -0.4 is 4.79 Å². The summed E-state index contributed by atoms with van der Waals surface area (Å²) in [6.07, 6.45) is 1.18. The molecular weight excluding hydrogens is 206 g/mol. The molecule has 0 aliphatic carbocycles. The van der Waals surface area contributed by atoms with Crippen molar-refractivity contribution in [2.24, 2.45) is 0 Å². The molecule has 0 saturated heterocycles. The van der Waals surface area contributed by atoms with Crippen LogP contribution in [0.25, 0.3) is 0 Å². The van der Waals surface area contributed by atoms with Crippen LogP contribution in [0.4, 0.5) is 21.7 Å². The molecule has 14 heavy (non-hydrogen) atoms. The van der Waals surface area contributed by atoms with Gasteiger partial charge in [-0.15, -0.1) is 0 Å². The molecule has 0 atom stereocenters. The topological polar surface area (TPSA) is 27.7 Å². The SMILES string of the molecule is F[B-](F)(F)F.N#Cc1cccc[n+]1F. The Bertz CT molecular complexity index is 326. The fourth-order valence-corrected chi connectivity index (χ4v) is 0.508. The van der Waals surface area contributed by atoms with Gasteiger partial charge in [-0.05, 0) is 6.07 Å². The van der Waals surface area contributed by atoms with Crippen molar-refractivity contribution in [3.05, 3.63) is 30.1 Å². The third-order valence-corrected chi connectivity index (χ3v) is 0.927. The van der Waals surface area contributed by atoms with E-state index < -0.39 is 7.25 Å². The Morgan fingerprint density at radius 1 is 1.21 bits per heavy atom. The van der Waals surface area contributed by atoms with Gasteiger partial charge in [-0.1, -0.05) is 0 Å². The van der Waals surface area contributed by atoms with Crippen molar-refractivity contribution in [1.29, 1.82) is 5.26 Å². The summed E-state index contributed by atoms with van der Waals surface area (Å²) >= 11 is 0. The fourth-order valence-electron chi connectivity index (χ4n) is 0.508. The van der Waals surface area contributed by atoms with E-state index in [9.17, 15) is 21.7 Å². The van der Waals surface area contributed by atoms with Gasteiger partial charge in [0.05, 0.1) is 4.48 Å². The molecule has 0 bridgehead atoms. The number of nitrogens with zero attached hydrogens (tertiary/aromatic N) is 2. The van der Waals surface area contributed by atoms with Crippen LogP contribution in [-0.4, -0.2) is 7.25 Å². The van der Waals surface area contributed by atoms with Crippen molar-refractivity contribution in [2.75, 3.05) is 0 Å². The van der Waals surface area contributed by atoms with E-state index >= 15 is 0 Å². The minimum Gasteiger partial charge on any atom is -0.418 e. The summed E-state index contributed by atoms with van der Waals surface area (Å²) in [6.45, 7) is 0. The maximum Gasteiger partial charge on any atom is 0.673 e. The molecule has 0 unspecified atom stereocenters. The second-order valence-corrected chi connectivity index (χ2v) is 2.00. The molecule has 0 radical (unpaired) electrons. The van der Waals surface area contributed by atoms with Crippen LogP contribution in [0.2, 0.25) is 0 Å². The molecule has 0 fully saturated rings. The highest BCUT2D eigenvalue weighted by Gasteiger charge is 2.20. The summed E-state index contributed by atoms with van der Waals surface area (Å²) < 4.78 is 51.3. The number of hydrogen-bond donors (Lipinski definition) is 0. The van der Waals surface area contributed by atoms with Gasteiger partial charge in [-0.2, -0.15) is 5.26 Å². The first-order valence-corrected chi connectivity index (χ1v) is 3.29. The van der Waals surface area contributed by atoms with Crippen LogP contribution >= 0.6 is 0 Å². The monoisotopic (exact) mass is 210 g/mol. The van der Waals surface area contributed by atoms with Crippen LogP contribution in [0, 0.1) is 11.3 Å². The molecule has 1 rings (SSSR count). The molecule has 1 aromatic rings. The average molecular weight is 210 g/mol. The van der Waals surface area contributed by atoms with Crippen molar-refractivity contribution in [1.82, 2.24) is 0 Å². The lowest BCUT2D eigenvalue weighted by atomic mass is 10.3. The molecule has 0 N–H and O–H groups in total. The molecule has 0 saturated carbocycles. The van der Waals surface area contributed by atoms with Gasteiger partial charge in [-0.3, -0.25) is 0 Å². The third kappa shape index (κ3) is 7.03. The maximum absolute atomic E-state index is 12.3. The van der Waals surface area contributed by atoms with Crippen molar-refractivity contribution in [3.63, 3.8) is 0 Å². The minimum atomic E-state index is -6.00. The van der Waals surface area contributed by atoms with Gasteiger partial charge in [0.1, 0.15) is 0 Å². The zero-order chi connectivity index (χ0) is 11.2. The predicted octanol–water partition coefficient (Wildman–Crippen LogP) is 1.88. The van der Waals surface area contributed by atoms with Gasteiger partial charge in [-0.25, -0.2) is 0 Å². The van der Waals surface area contributed by atoms with Gasteiger partial charge in [0.15, 0.2) is 6.07 Å². The standard InChI is InChI=1S/C6H4FN2.BF4/c7-9-4-2-1-3-6(9)5-8;2-1(3,4)5/h1-4H;/q+1;-1. The molecule has 0 aliphatic rings. The summed E-state index contributed by atoms with van der Waals surface area (Å²) in [6, 6.07) is 6.21. The van der Waals surface area contributed by atoms with E-state index in [1.807, 2.05) is 0 Å². The van der Waals surface area contributed by atoms with Gasteiger partial charge in [0.2, 0.25) is 6.20 Å². The Morgan fingerprint density at radius 2 is 1.71 bits per heavy atom. The van der Waals surface area contributed by atoms with Crippen LogP contribution in [0.15, 0.2) is 24.4 Å². The normalized spacial score (nSPS) is 9.71. The number of pyridine rings is 1. The van der Waals surface area contributed by atoms with E-state index in [4.69, 9.17) is 5.26 Å². The molecule has 2 nitrogen and oxygen atoms in total. The van der Waals surface area contributed by atoms with E-state index in [1.54, 1.807) is 12.1 Å². The summed E-state index contributed by atoms with van der Waals surface area (Å²) in [4.78, 5) is 0.278. The van der Waals surface area contributed by atoms with Gasteiger partial charge in [0.25, 0.3) is 0 Å². The first-order valence-electron chi connectivity index (χ1n) is 3.29. The number of halogens is 5. The van der Waals surface area contributed by atoms with Crippen molar-refractivity contribution in [3.8, 4) is 6.07 Å². The fraction of sp³-hybridized carbons (Fsp3) is 0. The largest absolute Gasteiger partial charge is 0.673 e. The molecule has 0 spiro atoms. The van der Waals surface area contributed by atoms with E-state index in [0.717, 1.165) is 0 Å². The summed E-state index contributed by atoms with van der Waals surface area (Å²) in [5, 5.41) is 8.21. The van der Waals surface area contributed by atoms with Crippen LogP contribution in [-0.2, 0) is 0 Å². The van der Waals surface area contributed by atoms with Crippen LogP contribution in [0.5, 0.6) is 0 Å². The van der Waals surface area contributed by atoms with Crippen LogP contribution in [0.1, 0.15) is 5.69 Å². The molecule has 76 valence electrons. The van der Waals surface area contributed by atoms with Gasteiger partial charge in [0, 0.05) is 16.9 Å². The lowest BCUT2D eigenvalue weighted by Gasteiger charge is -1.94. The van der Waals surface area contributed by atoms with E-state index in [0.29, 0.717) is 0 Å². The van der Waals surface area contributed by atoms with Crippen molar-refractivity contribution in [2.45, 2.75) is 0 Å². The number of hydrogen-bond acceptors (Lipinski definition) is 1. The quantitative estimate of drug-likeness (QED) is 0.474. The molecule has 8 heteroatoms. The third-order valence-electron chi connectivity index (χ3n) is 0.927. The molecule has 1 aromatic heterocycles. The zero-order valence-electron chi connectivity index (χ0n) is 6.67.